The van der Waals surface area contributed by atoms with Crippen LogP contribution in [0.1, 0.15) is 56.6 Å². The molecule has 0 spiro atoms. The van der Waals surface area contributed by atoms with Gasteiger partial charge in [-0.05, 0) is 62.2 Å². The molecule has 1 saturated carbocycles. The maximum absolute atomic E-state index is 6.28. The van der Waals surface area contributed by atoms with Crippen LogP contribution in [-0.4, -0.2) is 0 Å². The predicted octanol–water partition coefficient (Wildman–Crippen LogP) is 5.63. The van der Waals surface area contributed by atoms with E-state index in [9.17, 15) is 0 Å². The first-order valence-electron chi connectivity index (χ1n) is 6.37. The van der Waals surface area contributed by atoms with E-state index in [1.54, 1.807) is 11.3 Å². The van der Waals surface area contributed by atoms with Crippen LogP contribution < -0.4 is 5.73 Å². The van der Waals surface area contributed by atoms with E-state index >= 15 is 0 Å². The summed E-state index contributed by atoms with van der Waals surface area (Å²) in [5.74, 6) is 0.927. The minimum atomic E-state index is 0.189. The number of thiophene rings is 1. The van der Waals surface area contributed by atoms with E-state index in [4.69, 9.17) is 5.73 Å². The van der Waals surface area contributed by atoms with Crippen molar-refractivity contribution in [2.45, 2.75) is 51.0 Å². The summed E-state index contributed by atoms with van der Waals surface area (Å²) in [6, 6.07) is 2.34. The van der Waals surface area contributed by atoms with E-state index in [0.717, 1.165) is 16.1 Å². The Labute approximate surface area is 124 Å². The van der Waals surface area contributed by atoms with E-state index in [0.29, 0.717) is 0 Å². The lowest BCUT2D eigenvalue weighted by molar-refractivity contribution is 0.324. The summed E-state index contributed by atoms with van der Waals surface area (Å²) >= 11 is 8.82. The Kier molecular flexibility index (Phi) is 5.52. The largest absolute Gasteiger partial charge is 0.324 e. The molecule has 1 aromatic heterocycles. The molecule has 2 rings (SSSR count). The molecule has 96 valence electrons. The van der Waals surface area contributed by atoms with Gasteiger partial charge in [0, 0.05) is 6.04 Å². The van der Waals surface area contributed by atoms with Gasteiger partial charge in [-0.2, -0.15) is 0 Å². The third-order valence-electron chi connectivity index (χ3n) is 3.69. The number of hydrogen-bond acceptors (Lipinski definition) is 2. The van der Waals surface area contributed by atoms with Crippen LogP contribution in [0.25, 0.3) is 0 Å². The highest BCUT2D eigenvalue weighted by Gasteiger charge is 2.17. The number of halogens is 2. The van der Waals surface area contributed by atoms with Gasteiger partial charge in [-0.1, -0.05) is 32.1 Å². The molecule has 1 nitrogen and oxygen atoms in total. The lowest BCUT2D eigenvalue weighted by atomic mass is 9.85. The average molecular weight is 381 g/mol. The van der Waals surface area contributed by atoms with Gasteiger partial charge in [0.05, 0.1) is 7.57 Å². The van der Waals surface area contributed by atoms with E-state index < -0.39 is 0 Å². The molecule has 1 atom stereocenters. The smallest absolute Gasteiger partial charge is 0.0758 e. The van der Waals surface area contributed by atoms with Crippen LogP contribution >= 0.6 is 43.2 Å². The highest BCUT2D eigenvalue weighted by Crippen LogP contribution is 2.37. The van der Waals surface area contributed by atoms with Gasteiger partial charge >= 0.3 is 0 Å². The van der Waals surface area contributed by atoms with Gasteiger partial charge in [-0.15, -0.1) is 11.3 Å². The zero-order valence-electron chi connectivity index (χ0n) is 9.92. The summed E-state index contributed by atoms with van der Waals surface area (Å²) in [6.07, 6.45) is 9.53. The molecule has 2 N–H and O–H groups in total. The van der Waals surface area contributed by atoms with Crippen molar-refractivity contribution in [3.63, 3.8) is 0 Å². The molecule has 1 aliphatic rings. The Balaban J connectivity index is 1.84. The molecule has 0 saturated heterocycles. The van der Waals surface area contributed by atoms with Crippen molar-refractivity contribution < 1.29 is 0 Å². The van der Waals surface area contributed by atoms with Crippen molar-refractivity contribution in [3.05, 3.63) is 19.2 Å². The second-order valence-corrected chi connectivity index (χ2v) is 8.72. The van der Waals surface area contributed by atoms with Gasteiger partial charge < -0.3 is 5.73 Å². The van der Waals surface area contributed by atoms with Crippen LogP contribution in [0.4, 0.5) is 0 Å². The average Bonchev–Trinajstić information content (AvgIpc) is 2.67. The fourth-order valence-electron chi connectivity index (χ4n) is 2.65. The Morgan fingerprint density at radius 1 is 1.29 bits per heavy atom. The Hall–Kier alpha value is 0.620. The normalized spacial score (nSPS) is 19.5. The molecule has 17 heavy (non-hydrogen) atoms. The van der Waals surface area contributed by atoms with E-state index in [2.05, 4.69) is 37.9 Å². The van der Waals surface area contributed by atoms with Gasteiger partial charge in [0.2, 0.25) is 0 Å². The Morgan fingerprint density at radius 2 is 2.00 bits per heavy atom. The van der Waals surface area contributed by atoms with Crippen LogP contribution in [0.15, 0.2) is 13.6 Å². The van der Waals surface area contributed by atoms with Gasteiger partial charge in [0.15, 0.2) is 0 Å². The lowest BCUT2D eigenvalue weighted by Crippen LogP contribution is -2.13. The van der Waals surface area contributed by atoms with Gasteiger partial charge in [-0.25, -0.2) is 0 Å². The molecular formula is C13H19Br2NS. The van der Waals surface area contributed by atoms with Crippen LogP contribution in [0.5, 0.6) is 0 Å². The summed E-state index contributed by atoms with van der Waals surface area (Å²) in [4.78, 5) is 0. The molecule has 1 heterocycles. The summed E-state index contributed by atoms with van der Waals surface area (Å²) in [7, 11) is 0. The van der Waals surface area contributed by atoms with Gasteiger partial charge in [0.25, 0.3) is 0 Å². The SMILES string of the molecule is NC(CCC1CCCCC1)c1cc(Br)sc1Br. The van der Waals surface area contributed by atoms with Crippen LogP contribution in [-0.2, 0) is 0 Å². The second kappa shape index (κ2) is 6.69. The molecule has 1 fully saturated rings. The third kappa shape index (κ3) is 4.05. The standard InChI is InChI=1S/C13H19Br2NS/c14-12-8-10(13(15)17-12)11(16)7-6-9-4-2-1-3-5-9/h8-9,11H,1-7,16H2. The highest BCUT2D eigenvalue weighted by atomic mass is 79.9. The van der Waals surface area contributed by atoms with Crippen LogP contribution in [0, 0.1) is 5.92 Å². The maximum atomic E-state index is 6.28. The molecular weight excluding hydrogens is 362 g/mol. The summed E-state index contributed by atoms with van der Waals surface area (Å²) in [6.45, 7) is 0. The first kappa shape index (κ1) is 14.0. The van der Waals surface area contributed by atoms with E-state index in [1.807, 2.05) is 0 Å². The minimum Gasteiger partial charge on any atom is -0.324 e. The second-order valence-electron chi connectivity index (χ2n) is 4.97. The van der Waals surface area contributed by atoms with Crippen molar-refractivity contribution in [2.24, 2.45) is 11.7 Å². The Morgan fingerprint density at radius 3 is 2.59 bits per heavy atom. The first-order valence-corrected chi connectivity index (χ1v) is 8.77. The Bertz CT molecular complexity index is 358. The molecule has 0 bridgehead atoms. The van der Waals surface area contributed by atoms with Gasteiger partial charge in [-0.3, -0.25) is 0 Å². The molecule has 1 aliphatic carbocycles. The lowest BCUT2D eigenvalue weighted by Gasteiger charge is -2.22. The third-order valence-corrected chi connectivity index (χ3v) is 6.08. The zero-order valence-corrected chi connectivity index (χ0v) is 13.9. The summed E-state index contributed by atoms with van der Waals surface area (Å²) in [5, 5.41) is 0. The molecule has 0 aromatic carbocycles. The zero-order chi connectivity index (χ0) is 12.3. The molecule has 0 radical (unpaired) electrons. The van der Waals surface area contributed by atoms with Crippen molar-refractivity contribution in [1.82, 2.24) is 0 Å². The first-order chi connectivity index (χ1) is 8.16. The van der Waals surface area contributed by atoms with Crippen LogP contribution in [0.2, 0.25) is 0 Å². The van der Waals surface area contributed by atoms with Gasteiger partial charge in [0.1, 0.15) is 0 Å². The minimum absolute atomic E-state index is 0.189. The van der Waals surface area contributed by atoms with Crippen molar-refractivity contribution in [1.29, 1.82) is 0 Å². The molecule has 0 aliphatic heterocycles. The number of rotatable bonds is 4. The predicted molar refractivity (Wildman–Crippen MR) is 82.5 cm³/mol. The van der Waals surface area contributed by atoms with E-state index in [-0.39, 0.29) is 6.04 Å². The monoisotopic (exact) mass is 379 g/mol. The molecule has 0 amide bonds. The molecule has 1 unspecified atom stereocenters. The fourth-order valence-corrected chi connectivity index (χ4v) is 5.65. The van der Waals surface area contributed by atoms with Crippen LogP contribution in [0.3, 0.4) is 0 Å². The summed E-state index contributed by atoms with van der Waals surface area (Å²) < 4.78 is 2.34. The van der Waals surface area contributed by atoms with Crippen molar-refractivity contribution in [3.8, 4) is 0 Å². The van der Waals surface area contributed by atoms with Crippen molar-refractivity contribution in [2.75, 3.05) is 0 Å². The van der Waals surface area contributed by atoms with Crippen molar-refractivity contribution >= 4 is 43.2 Å². The fraction of sp³-hybridized carbons (Fsp3) is 0.692. The molecule has 1 aromatic rings. The highest BCUT2D eigenvalue weighted by molar-refractivity contribution is 9.12. The van der Waals surface area contributed by atoms with E-state index in [1.165, 1.54) is 47.9 Å². The summed E-state index contributed by atoms with van der Waals surface area (Å²) in [5.41, 5.74) is 7.54. The number of hydrogen-bond donors (Lipinski definition) is 1. The topological polar surface area (TPSA) is 26.0 Å². The quantitative estimate of drug-likeness (QED) is 0.719. The maximum Gasteiger partial charge on any atom is 0.0758 e. The number of nitrogens with two attached hydrogens (primary N) is 1. The molecule has 4 heteroatoms.